The number of benzene rings is 1. The lowest BCUT2D eigenvalue weighted by molar-refractivity contribution is 0.336. The number of hydrogen-bond donors (Lipinski definition) is 1. The van der Waals surface area contributed by atoms with E-state index in [1.165, 1.54) is 16.7 Å². The molecule has 1 saturated heterocycles. The van der Waals surface area contributed by atoms with Crippen molar-refractivity contribution in [2.75, 3.05) is 26.2 Å². The third-order valence-electron chi connectivity index (χ3n) is 4.81. The number of nitrogens with zero attached hydrogens (tertiary/aromatic N) is 3. The normalized spacial score (nSPS) is 18.9. The molecule has 1 aliphatic heterocycles. The van der Waals surface area contributed by atoms with Crippen molar-refractivity contribution >= 4 is 5.57 Å². The lowest BCUT2D eigenvalue weighted by Crippen LogP contribution is -2.28. The topological polar surface area (TPSA) is 62.9 Å². The Labute approximate surface area is 163 Å². The van der Waals surface area contributed by atoms with E-state index in [1.54, 1.807) is 6.20 Å². The first-order chi connectivity index (χ1) is 13.2. The molecule has 1 aliphatic carbocycles. The van der Waals surface area contributed by atoms with Gasteiger partial charge in [-0.25, -0.2) is 0 Å². The predicted molar refractivity (Wildman–Crippen MR) is 110 cm³/mol. The van der Waals surface area contributed by atoms with Crippen LogP contribution in [0, 0.1) is 35.5 Å². The van der Waals surface area contributed by atoms with Crippen molar-refractivity contribution in [2.45, 2.75) is 26.2 Å². The second-order valence-electron chi connectivity index (χ2n) is 6.92. The smallest absolute Gasteiger partial charge is 0.0947 e. The zero-order valence-electron chi connectivity index (χ0n) is 16.1. The molecule has 0 amide bonds. The molecule has 0 radical (unpaired) electrons. The zero-order chi connectivity index (χ0) is 19.5. The predicted octanol–water partition coefficient (Wildman–Crippen LogP) is 4.19. The van der Waals surface area contributed by atoms with E-state index in [-0.39, 0.29) is 5.92 Å². The molecule has 0 spiro atoms. The molecule has 140 valence electrons. The highest BCUT2D eigenvalue weighted by atomic mass is 15.2. The highest BCUT2D eigenvalue weighted by Gasteiger charge is 2.20. The Morgan fingerprint density at radius 3 is 2.70 bits per heavy atom. The van der Waals surface area contributed by atoms with E-state index in [0.29, 0.717) is 0 Å². The van der Waals surface area contributed by atoms with Crippen LogP contribution in [0.5, 0.6) is 0 Å². The average Bonchev–Trinajstić information content (AvgIpc) is 3.17. The Morgan fingerprint density at radius 1 is 1.30 bits per heavy atom. The number of nitriles is 2. The van der Waals surface area contributed by atoms with Gasteiger partial charge in [0.25, 0.3) is 0 Å². The summed E-state index contributed by atoms with van der Waals surface area (Å²) in [6.45, 7) is 9.61. The molecular formula is C23H28N4. The summed E-state index contributed by atoms with van der Waals surface area (Å²) >= 11 is 0. The molecule has 3 rings (SSSR count). The minimum absolute atomic E-state index is 0.258. The van der Waals surface area contributed by atoms with Gasteiger partial charge in [0.2, 0.25) is 0 Å². The van der Waals surface area contributed by atoms with Crippen molar-refractivity contribution < 1.29 is 0 Å². The summed E-state index contributed by atoms with van der Waals surface area (Å²) in [6.07, 6.45) is 8.79. The zero-order valence-corrected chi connectivity index (χ0v) is 16.1. The van der Waals surface area contributed by atoms with E-state index >= 15 is 0 Å². The minimum atomic E-state index is 0.258. The summed E-state index contributed by atoms with van der Waals surface area (Å²) < 4.78 is 0. The van der Waals surface area contributed by atoms with Crippen LogP contribution in [0.15, 0.2) is 54.8 Å². The fraction of sp³-hybridized carbons (Fsp3) is 0.391. The molecule has 1 unspecified atom stereocenters. The first-order valence-electron chi connectivity index (χ1n) is 9.50. The third-order valence-corrected chi connectivity index (χ3v) is 4.81. The minimum Gasteiger partial charge on any atom is -0.390 e. The van der Waals surface area contributed by atoms with Crippen LogP contribution >= 0.6 is 0 Å². The van der Waals surface area contributed by atoms with E-state index in [0.717, 1.165) is 51.0 Å². The summed E-state index contributed by atoms with van der Waals surface area (Å²) in [5, 5.41) is 20.5. The summed E-state index contributed by atoms with van der Waals surface area (Å²) in [5.74, 6) is 0.258. The van der Waals surface area contributed by atoms with E-state index < -0.39 is 0 Å². The number of nitrogens with one attached hydrogen (secondary N) is 1. The Kier molecular flexibility index (Phi) is 8.36. The Bertz CT molecular complexity index is 759. The Balaban J connectivity index is 0.000000199. The Morgan fingerprint density at radius 2 is 2.07 bits per heavy atom. The number of aryl methyl sites for hydroxylation is 1. The monoisotopic (exact) mass is 360 g/mol. The molecule has 1 fully saturated rings. The Hall–Kier alpha value is -2.82. The highest BCUT2D eigenvalue weighted by molar-refractivity contribution is 5.76. The number of allylic oxidation sites excluding steroid dienone is 4. The van der Waals surface area contributed by atoms with Crippen molar-refractivity contribution in [3.05, 3.63) is 65.9 Å². The van der Waals surface area contributed by atoms with Crippen molar-refractivity contribution in [3.63, 3.8) is 0 Å². The van der Waals surface area contributed by atoms with Crippen molar-refractivity contribution in [3.8, 4) is 12.1 Å². The second-order valence-corrected chi connectivity index (χ2v) is 6.92. The average molecular weight is 361 g/mol. The van der Waals surface area contributed by atoms with Gasteiger partial charge in [0.15, 0.2) is 0 Å². The SMILES string of the molecule is C=CNCCN1CCC(C#N)C1.Cc1ccc(C2=CCCC(C#N)=C2)cc1. The first kappa shape index (κ1) is 20.5. The van der Waals surface area contributed by atoms with Gasteiger partial charge in [-0.05, 0) is 56.1 Å². The largest absolute Gasteiger partial charge is 0.390 e. The first-order valence-corrected chi connectivity index (χ1v) is 9.50. The fourth-order valence-corrected chi connectivity index (χ4v) is 3.20. The van der Waals surface area contributed by atoms with Gasteiger partial charge in [-0.1, -0.05) is 42.5 Å². The number of hydrogen-bond acceptors (Lipinski definition) is 4. The summed E-state index contributed by atoms with van der Waals surface area (Å²) in [5.41, 5.74) is 4.53. The van der Waals surface area contributed by atoms with Crippen LogP contribution in [0.1, 0.15) is 30.4 Å². The van der Waals surface area contributed by atoms with Crippen molar-refractivity contribution in [1.29, 1.82) is 10.5 Å². The van der Waals surface area contributed by atoms with Crippen LogP contribution in [-0.2, 0) is 0 Å². The standard InChI is InChI=1S/C14H13N.C9H15N3/c1-11-5-7-13(8-6-11)14-4-2-3-12(9-14)10-15;1-2-11-4-6-12-5-3-9(7-10)8-12/h4-9H,2-3H2,1H3;2,9,11H,1,3-6,8H2. The van der Waals surface area contributed by atoms with Gasteiger partial charge in [-0.15, -0.1) is 0 Å². The van der Waals surface area contributed by atoms with Crippen LogP contribution in [0.4, 0.5) is 0 Å². The van der Waals surface area contributed by atoms with Crippen molar-refractivity contribution in [2.24, 2.45) is 5.92 Å². The number of rotatable bonds is 5. The van der Waals surface area contributed by atoms with Crippen LogP contribution < -0.4 is 5.32 Å². The van der Waals surface area contributed by atoms with Crippen LogP contribution in [-0.4, -0.2) is 31.1 Å². The van der Waals surface area contributed by atoms with Gasteiger partial charge >= 0.3 is 0 Å². The quantitative estimate of drug-likeness (QED) is 0.800. The molecule has 4 nitrogen and oxygen atoms in total. The maximum Gasteiger partial charge on any atom is 0.0947 e. The summed E-state index contributed by atoms with van der Waals surface area (Å²) in [4.78, 5) is 2.31. The van der Waals surface area contributed by atoms with Gasteiger partial charge in [-0.2, -0.15) is 10.5 Å². The second kappa shape index (κ2) is 11.0. The van der Waals surface area contributed by atoms with Crippen molar-refractivity contribution in [1.82, 2.24) is 10.2 Å². The molecule has 0 aromatic heterocycles. The van der Waals surface area contributed by atoms with E-state index in [2.05, 4.69) is 66.2 Å². The van der Waals surface area contributed by atoms with Crippen LogP contribution in [0.2, 0.25) is 0 Å². The van der Waals surface area contributed by atoms with Gasteiger partial charge < -0.3 is 10.2 Å². The molecule has 4 heteroatoms. The fourth-order valence-electron chi connectivity index (χ4n) is 3.20. The molecule has 27 heavy (non-hydrogen) atoms. The maximum atomic E-state index is 8.85. The van der Waals surface area contributed by atoms with Gasteiger partial charge in [-0.3, -0.25) is 0 Å². The number of likely N-dealkylation sites (tertiary alicyclic amines) is 1. The molecule has 1 N–H and O–H groups in total. The highest BCUT2D eigenvalue weighted by Crippen LogP contribution is 2.25. The van der Waals surface area contributed by atoms with Gasteiger partial charge in [0.05, 0.1) is 18.1 Å². The van der Waals surface area contributed by atoms with Gasteiger partial charge in [0.1, 0.15) is 0 Å². The van der Waals surface area contributed by atoms with Crippen LogP contribution in [0.3, 0.4) is 0 Å². The van der Waals surface area contributed by atoms with Gasteiger partial charge in [0, 0.05) is 25.2 Å². The van der Waals surface area contributed by atoms with E-state index in [1.807, 2.05) is 6.08 Å². The summed E-state index contributed by atoms with van der Waals surface area (Å²) in [7, 11) is 0. The lowest BCUT2D eigenvalue weighted by Gasteiger charge is -2.13. The van der Waals surface area contributed by atoms with Crippen LogP contribution in [0.25, 0.3) is 5.57 Å². The molecule has 0 bridgehead atoms. The molecule has 1 atom stereocenters. The third kappa shape index (κ3) is 6.77. The molecular weight excluding hydrogens is 332 g/mol. The van der Waals surface area contributed by atoms with E-state index in [9.17, 15) is 0 Å². The molecule has 2 aliphatic rings. The summed E-state index contributed by atoms with van der Waals surface area (Å²) in [6, 6.07) is 13.0. The maximum absolute atomic E-state index is 8.85. The molecule has 1 aromatic carbocycles. The van der Waals surface area contributed by atoms with E-state index in [4.69, 9.17) is 10.5 Å². The molecule has 1 heterocycles. The lowest BCUT2D eigenvalue weighted by atomic mass is 9.95. The molecule has 1 aromatic rings. The molecule has 0 saturated carbocycles.